The van der Waals surface area contributed by atoms with Gasteiger partial charge in [0, 0.05) is 23.7 Å². The summed E-state index contributed by atoms with van der Waals surface area (Å²) >= 11 is 0. The van der Waals surface area contributed by atoms with Crippen molar-refractivity contribution in [1.82, 2.24) is 19.3 Å². The number of rotatable bonds is 8. The molecule has 1 N–H and O–H groups in total. The molecule has 2 aromatic heterocycles. The predicted octanol–water partition coefficient (Wildman–Crippen LogP) is 5.68. The lowest BCUT2D eigenvalue weighted by atomic mass is 10.1. The lowest BCUT2D eigenvalue weighted by Crippen LogP contribution is -2.32. The van der Waals surface area contributed by atoms with Gasteiger partial charge in [0.15, 0.2) is 17.2 Å². The average molecular weight is 549 g/mol. The molecule has 4 aromatic rings. The Bertz CT molecular complexity index is 1630. The first-order valence-corrected chi connectivity index (χ1v) is 13.9. The van der Waals surface area contributed by atoms with Crippen LogP contribution in [0.25, 0.3) is 28.0 Å². The standard InChI is InChI=1S/C29H32N4O5S/c1-7-37-20(3)26-31-25(22-10-8-9-21(17-22)18-30-28(34)38-29(4,5)6)24-15-16-33(27(24)32-26)39(35,36)23-13-11-19(2)12-14-23/h8-17H,3,7,18H2,1-2,4-6H3,(H,30,34). The maximum atomic E-state index is 13.6. The van der Waals surface area contributed by atoms with Gasteiger partial charge in [-0.2, -0.15) is 0 Å². The summed E-state index contributed by atoms with van der Waals surface area (Å²) in [6, 6.07) is 15.7. The molecule has 9 nitrogen and oxygen atoms in total. The molecule has 0 atom stereocenters. The number of nitrogens with zero attached hydrogens (tertiary/aromatic N) is 3. The second-order valence-electron chi connectivity index (χ2n) is 9.97. The summed E-state index contributed by atoms with van der Waals surface area (Å²) in [6.45, 7) is 13.6. The van der Waals surface area contributed by atoms with E-state index in [9.17, 15) is 13.2 Å². The van der Waals surface area contributed by atoms with E-state index in [1.54, 1.807) is 51.1 Å². The first-order valence-electron chi connectivity index (χ1n) is 12.5. The van der Waals surface area contributed by atoms with Crippen molar-refractivity contribution in [2.45, 2.75) is 51.7 Å². The van der Waals surface area contributed by atoms with Crippen LogP contribution in [0, 0.1) is 6.92 Å². The van der Waals surface area contributed by atoms with Crippen molar-refractivity contribution in [2.75, 3.05) is 6.61 Å². The molecule has 2 aromatic carbocycles. The second kappa shape index (κ2) is 10.9. The van der Waals surface area contributed by atoms with Crippen LogP contribution in [-0.4, -0.2) is 40.7 Å². The molecule has 0 saturated heterocycles. The van der Waals surface area contributed by atoms with Gasteiger partial charge in [-0.05, 0) is 64.4 Å². The van der Waals surface area contributed by atoms with Gasteiger partial charge in [0.2, 0.25) is 0 Å². The van der Waals surface area contributed by atoms with E-state index in [1.807, 2.05) is 38.1 Å². The fourth-order valence-corrected chi connectivity index (χ4v) is 5.21. The zero-order valence-corrected chi connectivity index (χ0v) is 23.5. The summed E-state index contributed by atoms with van der Waals surface area (Å²) in [4.78, 5) is 21.5. The number of fused-ring (bicyclic) bond motifs is 1. The van der Waals surface area contributed by atoms with Crippen molar-refractivity contribution >= 4 is 32.9 Å². The van der Waals surface area contributed by atoms with Gasteiger partial charge in [0.1, 0.15) is 5.60 Å². The fraction of sp³-hybridized carbons (Fsp3) is 0.276. The van der Waals surface area contributed by atoms with Gasteiger partial charge in [0.05, 0.1) is 17.2 Å². The minimum Gasteiger partial charge on any atom is -0.491 e. The summed E-state index contributed by atoms with van der Waals surface area (Å²) in [5.74, 6) is 0.402. The minimum absolute atomic E-state index is 0.145. The highest BCUT2D eigenvalue weighted by Gasteiger charge is 2.23. The van der Waals surface area contributed by atoms with Crippen LogP contribution >= 0.6 is 0 Å². The number of aryl methyl sites for hydroxylation is 1. The van der Waals surface area contributed by atoms with Crippen LogP contribution in [0.1, 0.15) is 44.6 Å². The smallest absolute Gasteiger partial charge is 0.407 e. The molecule has 0 aliphatic rings. The van der Waals surface area contributed by atoms with E-state index in [0.29, 0.717) is 23.3 Å². The Morgan fingerprint density at radius 1 is 1.08 bits per heavy atom. The number of nitrogens with one attached hydrogen (secondary N) is 1. The van der Waals surface area contributed by atoms with Gasteiger partial charge in [-0.15, -0.1) is 0 Å². The molecular weight excluding hydrogens is 516 g/mol. The van der Waals surface area contributed by atoms with E-state index in [0.717, 1.165) is 15.1 Å². The Balaban J connectivity index is 1.79. The van der Waals surface area contributed by atoms with E-state index in [-0.39, 0.29) is 28.7 Å². The molecule has 0 saturated carbocycles. The molecule has 4 rings (SSSR count). The number of hydrogen-bond donors (Lipinski definition) is 1. The van der Waals surface area contributed by atoms with Crippen molar-refractivity contribution in [2.24, 2.45) is 0 Å². The molecule has 0 unspecified atom stereocenters. The molecule has 2 heterocycles. The number of alkyl carbamates (subject to hydrolysis) is 1. The molecule has 0 fully saturated rings. The third kappa shape index (κ3) is 6.28. The van der Waals surface area contributed by atoms with Crippen molar-refractivity contribution < 1.29 is 22.7 Å². The van der Waals surface area contributed by atoms with Gasteiger partial charge in [-0.25, -0.2) is 27.2 Å². The van der Waals surface area contributed by atoms with E-state index < -0.39 is 21.7 Å². The maximum Gasteiger partial charge on any atom is 0.407 e. The number of benzene rings is 2. The minimum atomic E-state index is -3.94. The van der Waals surface area contributed by atoms with Crippen LogP contribution in [0.15, 0.2) is 72.3 Å². The van der Waals surface area contributed by atoms with Crippen molar-refractivity contribution in [1.29, 1.82) is 0 Å². The number of carbonyl (C=O) groups excluding carboxylic acids is 1. The zero-order valence-electron chi connectivity index (χ0n) is 22.7. The molecule has 0 bridgehead atoms. The average Bonchev–Trinajstić information content (AvgIpc) is 3.31. The topological polar surface area (TPSA) is 112 Å². The monoisotopic (exact) mass is 548 g/mol. The molecule has 10 heteroatoms. The highest BCUT2D eigenvalue weighted by Crippen LogP contribution is 2.31. The van der Waals surface area contributed by atoms with Crippen LogP contribution in [0.3, 0.4) is 0 Å². The molecule has 204 valence electrons. The first kappa shape index (κ1) is 27.8. The first-order chi connectivity index (χ1) is 18.4. The van der Waals surface area contributed by atoms with Crippen LogP contribution < -0.4 is 5.32 Å². The molecule has 0 radical (unpaired) electrons. The largest absolute Gasteiger partial charge is 0.491 e. The number of aromatic nitrogens is 3. The molecular formula is C29H32N4O5S. The van der Waals surface area contributed by atoms with Gasteiger partial charge in [0.25, 0.3) is 10.0 Å². The Morgan fingerprint density at radius 2 is 1.79 bits per heavy atom. The zero-order chi connectivity index (χ0) is 28.4. The predicted molar refractivity (Wildman–Crippen MR) is 150 cm³/mol. The molecule has 0 spiro atoms. The Labute approximate surface area is 228 Å². The van der Waals surface area contributed by atoms with Crippen molar-refractivity contribution in [3.8, 4) is 11.3 Å². The van der Waals surface area contributed by atoms with Crippen molar-refractivity contribution in [3.05, 3.63) is 84.3 Å². The summed E-state index contributed by atoms with van der Waals surface area (Å²) in [6.07, 6.45) is 0.949. The van der Waals surface area contributed by atoms with E-state index >= 15 is 0 Å². The second-order valence-corrected chi connectivity index (χ2v) is 11.8. The summed E-state index contributed by atoms with van der Waals surface area (Å²) in [5, 5.41) is 3.29. The quantitative estimate of drug-likeness (QED) is 0.282. The third-order valence-corrected chi connectivity index (χ3v) is 7.37. The van der Waals surface area contributed by atoms with Gasteiger partial charge in [-0.1, -0.05) is 42.5 Å². The van der Waals surface area contributed by atoms with Crippen LogP contribution in [0.5, 0.6) is 0 Å². The lowest BCUT2D eigenvalue weighted by molar-refractivity contribution is 0.0523. The molecule has 0 aliphatic heterocycles. The maximum absolute atomic E-state index is 13.6. The SMILES string of the molecule is C=C(OCC)c1nc(-c2cccc(CNC(=O)OC(C)(C)C)c2)c2ccn(S(=O)(=O)c3ccc(C)cc3)c2n1. The van der Waals surface area contributed by atoms with Gasteiger partial charge < -0.3 is 14.8 Å². The number of hydrogen-bond acceptors (Lipinski definition) is 7. The lowest BCUT2D eigenvalue weighted by Gasteiger charge is -2.19. The van der Waals surface area contributed by atoms with Gasteiger partial charge in [-0.3, -0.25) is 0 Å². The Morgan fingerprint density at radius 3 is 2.46 bits per heavy atom. The highest BCUT2D eigenvalue weighted by molar-refractivity contribution is 7.90. The number of carbonyl (C=O) groups is 1. The summed E-state index contributed by atoms with van der Waals surface area (Å²) < 4.78 is 39.2. The number of amides is 1. The van der Waals surface area contributed by atoms with Crippen LogP contribution in [0.4, 0.5) is 4.79 Å². The fourth-order valence-electron chi connectivity index (χ4n) is 3.91. The molecule has 1 amide bonds. The van der Waals surface area contributed by atoms with Crippen LogP contribution in [0.2, 0.25) is 0 Å². The molecule has 0 aliphatic carbocycles. The van der Waals surface area contributed by atoms with E-state index in [4.69, 9.17) is 14.5 Å². The third-order valence-electron chi connectivity index (χ3n) is 5.69. The summed E-state index contributed by atoms with van der Waals surface area (Å²) in [7, 11) is -3.94. The molecule has 39 heavy (non-hydrogen) atoms. The summed E-state index contributed by atoms with van der Waals surface area (Å²) in [5.41, 5.74) is 2.57. The normalized spacial score (nSPS) is 11.8. The van der Waals surface area contributed by atoms with E-state index in [2.05, 4.69) is 16.9 Å². The Kier molecular flexibility index (Phi) is 7.78. The number of ether oxygens (including phenoxy) is 2. The van der Waals surface area contributed by atoms with E-state index in [1.165, 1.54) is 6.20 Å². The van der Waals surface area contributed by atoms with Crippen LogP contribution in [-0.2, 0) is 26.0 Å². The van der Waals surface area contributed by atoms with Crippen molar-refractivity contribution in [3.63, 3.8) is 0 Å². The Hall–Kier alpha value is -4.18. The van der Waals surface area contributed by atoms with Gasteiger partial charge >= 0.3 is 6.09 Å². The highest BCUT2D eigenvalue weighted by atomic mass is 32.2.